The largest absolute Gasteiger partial charge is 0.272 e. The maximum absolute atomic E-state index is 8.73. The fourth-order valence-electron chi connectivity index (χ4n) is 2.63. The summed E-state index contributed by atoms with van der Waals surface area (Å²) in [7, 11) is 0. The Labute approximate surface area is 128 Å². The van der Waals surface area contributed by atoms with Crippen LogP contribution in [0.25, 0.3) is 0 Å². The van der Waals surface area contributed by atoms with Crippen LogP contribution < -0.4 is 5.32 Å². The second kappa shape index (κ2) is 6.47. The number of hydrogen-bond donors (Lipinski definition) is 1. The Morgan fingerprint density at radius 1 is 1.05 bits per heavy atom. The van der Waals surface area contributed by atoms with Crippen molar-refractivity contribution in [2.24, 2.45) is 4.99 Å². The molecule has 1 aliphatic rings. The lowest BCUT2D eigenvalue weighted by molar-refractivity contribution is 0.663. The van der Waals surface area contributed by atoms with Gasteiger partial charge in [-0.05, 0) is 11.1 Å². The van der Waals surface area contributed by atoms with E-state index in [1.165, 1.54) is 11.1 Å². The first-order chi connectivity index (χ1) is 10.4. The van der Waals surface area contributed by atoms with E-state index in [1.807, 2.05) is 18.3 Å². The molecule has 0 saturated heterocycles. The van der Waals surface area contributed by atoms with E-state index in [9.17, 15) is 0 Å². The lowest BCUT2D eigenvalue weighted by Gasteiger charge is -2.22. The van der Waals surface area contributed by atoms with Crippen LogP contribution in [0.5, 0.6) is 0 Å². The summed E-state index contributed by atoms with van der Waals surface area (Å²) in [5.74, 6) is 1.11. The lowest BCUT2D eigenvalue weighted by Crippen LogP contribution is -2.18. The van der Waals surface area contributed by atoms with Gasteiger partial charge in [-0.1, -0.05) is 72.4 Å². The monoisotopic (exact) mass is 293 g/mol. The zero-order valence-electron chi connectivity index (χ0n) is 11.4. The minimum atomic E-state index is 0.149. The molecule has 0 amide bonds. The van der Waals surface area contributed by atoms with Crippen molar-refractivity contribution in [2.45, 2.75) is 12.0 Å². The van der Waals surface area contributed by atoms with Gasteiger partial charge in [0.2, 0.25) is 0 Å². The van der Waals surface area contributed by atoms with Crippen LogP contribution in [0.15, 0.2) is 65.7 Å². The zero-order valence-corrected chi connectivity index (χ0v) is 12.3. The average Bonchev–Trinajstić information content (AvgIpc) is 2.98. The van der Waals surface area contributed by atoms with Gasteiger partial charge >= 0.3 is 0 Å². The molecule has 0 aromatic heterocycles. The van der Waals surface area contributed by atoms with Gasteiger partial charge in [-0.25, -0.2) is 0 Å². The fraction of sp³-hybridized carbons (Fsp3) is 0.176. The first-order valence-electron chi connectivity index (χ1n) is 6.84. The summed E-state index contributed by atoms with van der Waals surface area (Å²) >= 11 is 1.61. The molecule has 1 N–H and O–H groups in total. The number of amidine groups is 1. The average molecular weight is 293 g/mol. The number of nitriles is 1. The molecule has 0 saturated carbocycles. The van der Waals surface area contributed by atoms with Gasteiger partial charge < -0.3 is 0 Å². The third-order valence-corrected chi connectivity index (χ3v) is 4.53. The van der Waals surface area contributed by atoms with E-state index < -0.39 is 0 Å². The molecule has 2 aromatic rings. The molecule has 0 spiro atoms. The van der Waals surface area contributed by atoms with Crippen LogP contribution in [0, 0.1) is 11.5 Å². The van der Waals surface area contributed by atoms with Crippen LogP contribution >= 0.6 is 11.8 Å². The van der Waals surface area contributed by atoms with Crippen molar-refractivity contribution < 1.29 is 0 Å². The van der Waals surface area contributed by atoms with Gasteiger partial charge in [-0.2, -0.15) is 5.26 Å². The lowest BCUT2D eigenvalue weighted by atomic mass is 9.86. The summed E-state index contributed by atoms with van der Waals surface area (Å²) < 4.78 is 0. The van der Waals surface area contributed by atoms with E-state index in [4.69, 9.17) is 5.26 Å². The standard InChI is InChI=1S/C17H15N3S/c18-12-19-17-20-15(11-21-17)16(13-7-3-1-4-8-13)14-9-5-2-6-10-14/h1-10,15-16H,11H2,(H,19,20)/t15-/m0/s1. The molecule has 104 valence electrons. The molecule has 1 atom stereocenters. The summed E-state index contributed by atoms with van der Waals surface area (Å²) in [5, 5.41) is 12.1. The summed E-state index contributed by atoms with van der Waals surface area (Å²) in [6.07, 6.45) is 1.95. The van der Waals surface area contributed by atoms with Crippen LogP contribution in [0.1, 0.15) is 17.0 Å². The number of nitrogens with zero attached hydrogens (tertiary/aromatic N) is 2. The summed E-state index contributed by atoms with van der Waals surface area (Å²) in [6, 6.07) is 21.0. The van der Waals surface area contributed by atoms with Gasteiger partial charge in [0.15, 0.2) is 11.4 Å². The zero-order chi connectivity index (χ0) is 14.5. The molecule has 1 aliphatic heterocycles. The van der Waals surface area contributed by atoms with E-state index in [0.29, 0.717) is 0 Å². The molecule has 3 nitrogen and oxygen atoms in total. The maximum atomic E-state index is 8.73. The molecule has 4 heteroatoms. The van der Waals surface area contributed by atoms with Crippen molar-refractivity contribution in [3.8, 4) is 6.19 Å². The molecule has 0 fully saturated rings. The quantitative estimate of drug-likeness (QED) is 0.697. The highest BCUT2D eigenvalue weighted by Crippen LogP contribution is 2.34. The van der Waals surface area contributed by atoms with Crippen LogP contribution in [-0.4, -0.2) is 17.0 Å². The molecule has 0 aliphatic carbocycles. The van der Waals surface area contributed by atoms with E-state index in [1.54, 1.807) is 11.8 Å². The van der Waals surface area contributed by atoms with Gasteiger partial charge in [0.05, 0.1) is 6.04 Å². The van der Waals surface area contributed by atoms with Gasteiger partial charge in [0, 0.05) is 11.7 Å². The predicted molar refractivity (Wildman–Crippen MR) is 87.2 cm³/mol. The Morgan fingerprint density at radius 3 is 2.14 bits per heavy atom. The fourth-order valence-corrected chi connectivity index (χ4v) is 3.56. The Morgan fingerprint density at radius 2 is 1.62 bits per heavy atom. The van der Waals surface area contributed by atoms with Crippen molar-refractivity contribution in [3.63, 3.8) is 0 Å². The molecule has 2 aromatic carbocycles. The molecule has 0 bridgehead atoms. The van der Waals surface area contributed by atoms with Crippen LogP contribution in [0.2, 0.25) is 0 Å². The highest BCUT2D eigenvalue weighted by molar-refractivity contribution is 8.14. The van der Waals surface area contributed by atoms with Gasteiger partial charge in [0.1, 0.15) is 0 Å². The molecule has 1 heterocycles. The highest BCUT2D eigenvalue weighted by Gasteiger charge is 2.29. The summed E-state index contributed by atoms with van der Waals surface area (Å²) in [5.41, 5.74) is 2.52. The van der Waals surface area contributed by atoms with Crippen molar-refractivity contribution in [1.82, 2.24) is 5.32 Å². The summed E-state index contributed by atoms with van der Waals surface area (Å²) in [4.78, 5) is 4.68. The third-order valence-electron chi connectivity index (χ3n) is 3.54. The van der Waals surface area contributed by atoms with Crippen LogP contribution in [0.4, 0.5) is 0 Å². The minimum absolute atomic E-state index is 0.149. The molecule has 0 unspecified atom stereocenters. The number of thioether (sulfide) groups is 1. The Balaban J connectivity index is 1.97. The van der Waals surface area contributed by atoms with Crippen molar-refractivity contribution >= 4 is 16.9 Å². The van der Waals surface area contributed by atoms with Crippen LogP contribution in [-0.2, 0) is 0 Å². The van der Waals surface area contributed by atoms with Gasteiger partial charge in [-0.15, -0.1) is 0 Å². The topological polar surface area (TPSA) is 48.2 Å². The van der Waals surface area contributed by atoms with Gasteiger partial charge in [0.25, 0.3) is 0 Å². The molecule has 21 heavy (non-hydrogen) atoms. The van der Waals surface area contributed by atoms with E-state index in [2.05, 4.69) is 58.8 Å². The maximum Gasteiger partial charge on any atom is 0.183 e. The van der Waals surface area contributed by atoms with E-state index >= 15 is 0 Å². The predicted octanol–water partition coefficient (Wildman–Crippen LogP) is 3.36. The molecular formula is C17H15N3S. The second-order valence-electron chi connectivity index (χ2n) is 4.85. The molecule has 0 radical (unpaired) electrons. The Kier molecular flexibility index (Phi) is 4.23. The van der Waals surface area contributed by atoms with E-state index in [0.717, 1.165) is 10.9 Å². The smallest absolute Gasteiger partial charge is 0.183 e. The minimum Gasteiger partial charge on any atom is -0.272 e. The number of hydrogen-bond acceptors (Lipinski definition) is 4. The normalized spacial score (nSPS) is 17.3. The Hall–Kier alpha value is -2.25. The molecule has 3 rings (SSSR count). The van der Waals surface area contributed by atoms with E-state index in [-0.39, 0.29) is 12.0 Å². The third kappa shape index (κ3) is 3.09. The van der Waals surface area contributed by atoms with Crippen LogP contribution in [0.3, 0.4) is 0 Å². The van der Waals surface area contributed by atoms with Crippen molar-refractivity contribution in [2.75, 3.05) is 5.75 Å². The first-order valence-corrected chi connectivity index (χ1v) is 7.82. The number of aliphatic imine (C=N–C) groups is 1. The second-order valence-corrected chi connectivity index (χ2v) is 5.86. The van der Waals surface area contributed by atoms with Gasteiger partial charge in [-0.3, -0.25) is 10.3 Å². The van der Waals surface area contributed by atoms with Crippen molar-refractivity contribution in [3.05, 3.63) is 71.8 Å². The SMILES string of the molecule is N#CNC1=N[C@H](C(c2ccccc2)c2ccccc2)CS1. The Bertz CT molecular complexity index is 622. The molecular weight excluding hydrogens is 278 g/mol. The highest BCUT2D eigenvalue weighted by atomic mass is 32.2. The first kappa shape index (κ1) is 13.7. The van der Waals surface area contributed by atoms with Crippen molar-refractivity contribution in [1.29, 1.82) is 5.26 Å². The number of rotatable bonds is 3. The summed E-state index contributed by atoms with van der Waals surface area (Å²) in [6.45, 7) is 0. The number of benzene rings is 2. The number of nitrogens with one attached hydrogen (secondary N) is 1.